The first-order valence-electron chi connectivity index (χ1n) is 38.7. The Labute approximate surface area is 732 Å². The molecule has 12 nitrogen and oxygen atoms in total. The van der Waals surface area contributed by atoms with E-state index < -0.39 is 0 Å². The second-order valence-corrected chi connectivity index (χ2v) is 28.9. The number of rotatable bonds is 8. The van der Waals surface area contributed by atoms with Gasteiger partial charge in [-0.25, -0.2) is 15.0 Å². The van der Waals surface area contributed by atoms with Crippen molar-refractivity contribution in [3.8, 4) is 67.5 Å². The van der Waals surface area contributed by atoms with Gasteiger partial charge in [0.15, 0.2) is 0 Å². The normalized spacial score (nSPS) is 10.8. The molecule has 0 aliphatic rings. The van der Waals surface area contributed by atoms with Crippen molar-refractivity contribution in [3.05, 3.63) is 380 Å². The van der Waals surface area contributed by atoms with E-state index in [1.54, 1.807) is 6.20 Å². The van der Waals surface area contributed by atoms with E-state index in [-0.39, 0.29) is 60.3 Å². The number of hydrogen-bond acceptors (Lipinski definition) is 12. The molecule has 119 heavy (non-hydrogen) atoms. The largest absolute Gasteiger partial charge is 0.486 e. The zero-order valence-electron chi connectivity index (χ0n) is 66.8. The van der Waals surface area contributed by atoms with Gasteiger partial charge in [0.1, 0.15) is 0 Å². The van der Waals surface area contributed by atoms with E-state index in [0.29, 0.717) is 29.0 Å². The first-order valence-corrected chi connectivity index (χ1v) is 38.7. The summed E-state index contributed by atoms with van der Waals surface area (Å²) in [6.45, 7) is 18.7. The standard InChI is InChI=1S/2C24H19N2O.C21H13N2O.2C12H10N.C11H8N.3Ir/c2*1-14(2)16-8-10-18-17(13-16)11-12-25-22(18)21-6-4-5-19-20-9-7-15(3)26-24(20)27-23(19)21;1-13-9-10-17-16-7-4-8-18(20(16)24-21(17)23-13)19-15-6-3-2-5-14(15)11-12-22-19;2*1-10-6-5-9-12(13-10)11-7-3-2-4-8-11;1-2-6-10(7-3-1)11-8-4-5-9-12-11;;;/h2*4-5,7-14H,1-3H3;2-7,9-12H,1H3;2*2-7,9H,1H3;1-6,8-9H;;;/q6*-1;;;. The van der Waals surface area contributed by atoms with Crippen molar-refractivity contribution >= 4 is 98.5 Å². The molecular formula is C104H79Ir3N9O3-6. The van der Waals surface area contributed by atoms with E-state index in [1.807, 2.05) is 253 Å². The van der Waals surface area contributed by atoms with Crippen molar-refractivity contribution in [2.24, 2.45) is 0 Å². The van der Waals surface area contributed by atoms with Crippen molar-refractivity contribution in [2.45, 2.75) is 74.1 Å². The number of nitrogens with zero attached hydrogens (tertiary/aromatic N) is 9. The van der Waals surface area contributed by atoms with Gasteiger partial charge in [-0.3, -0.25) is 0 Å². The first kappa shape index (κ1) is 84.4. The van der Waals surface area contributed by atoms with Gasteiger partial charge < -0.3 is 43.2 Å². The number of benzene rings is 9. The van der Waals surface area contributed by atoms with E-state index in [2.05, 4.69) is 188 Å². The zero-order valence-corrected chi connectivity index (χ0v) is 74.0. The summed E-state index contributed by atoms with van der Waals surface area (Å²) in [4.78, 5) is 40.6. The summed E-state index contributed by atoms with van der Waals surface area (Å²) in [6.07, 6.45) is 7.34. The van der Waals surface area contributed by atoms with E-state index >= 15 is 0 Å². The maximum absolute atomic E-state index is 6.15. The minimum Gasteiger partial charge on any atom is -0.486 e. The van der Waals surface area contributed by atoms with E-state index in [0.717, 1.165) is 167 Å². The zero-order chi connectivity index (χ0) is 79.6. The number of aromatic nitrogens is 9. The quantitative estimate of drug-likeness (QED) is 0.133. The van der Waals surface area contributed by atoms with Crippen LogP contribution in [0.4, 0.5) is 0 Å². The third-order valence-electron chi connectivity index (χ3n) is 20.0. The molecule has 0 aliphatic carbocycles. The molecule has 12 aromatic heterocycles. The average Bonchev–Trinajstić information content (AvgIpc) is 1.64. The Morgan fingerprint density at radius 3 is 0.966 bits per heavy atom. The molecule has 9 aromatic carbocycles. The minimum absolute atomic E-state index is 0. The van der Waals surface area contributed by atoms with Crippen molar-refractivity contribution in [2.75, 3.05) is 0 Å². The summed E-state index contributed by atoms with van der Waals surface area (Å²) in [7, 11) is 0. The van der Waals surface area contributed by atoms with E-state index in [9.17, 15) is 0 Å². The predicted octanol–water partition coefficient (Wildman–Crippen LogP) is 26.4. The minimum atomic E-state index is 0. The third-order valence-corrected chi connectivity index (χ3v) is 20.0. The van der Waals surface area contributed by atoms with Crippen LogP contribution in [0.15, 0.2) is 317 Å². The fourth-order valence-corrected chi connectivity index (χ4v) is 14.1. The van der Waals surface area contributed by atoms with Crippen molar-refractivity contribution in [3.63, 3.8) is 0 Å². The molecule has 0 fully saturated rings. The molecule has 591 valence electrons. The summed E-state index contributed by atoms with van der Waals surface area (Å²) >= 11 is 0. The predicted molar refractivity (Wildman–Crippen MR) is 471 cm³/mol. The molecule has 21 aromatic rings. The van der Waals surface area contributed by atoms with Gasteiger partial charge in [0.25, 0.3) is 0 Å². The molecule has 21 rings (SSSR count). The summed E-state index contributed by atoms with van der Waals surface area (Å²) < 4.78 is 18.4. The van der Waals surface area contributed by atoms with Crippen LogP contribution in [0.25, 0.3) is 166 Å². The van der Waals surface area contributed by atoms with Gasteiger partial charge in [-0.1, -0.05) is 158 Å². The summed E-state index contributed by atoms with van der Waals surface area (Å²) in [5.74, 6) is 0.983. The number of hydrogen-bond donors (Lipinski definition) is 0. The molecule has 0 N–H and O–H groups in total. The number of aryl methyl sites for hydroxylation is 5. The Kier molecular flexibility index (Phi) is 27.4. The molecule has 12 heterocycles. The molecule has 0 unspecified atom stereocenters. The maximum atomic E-state index is 6.15. The third kappa shape index (κ3) is 19.0. The Morgan fingerprint density at radius 1 is 0.252 bits per heavy atom. The molecule has 0 bridgehead atoms. The number of fused-ring (bicyclic) bond motifs is 12. The molecule has 0 saturated heterocycles. The van der Waals surface area contributed by atoms with E-state index in [4.69, 9.17) is 13.3 Å². The molecule has 0 aliphatic heterocycles. The molecular weight excluding hydrogens is 2000 g/mol. The van der Waals surface area contributed by atoms with Crippen LogP contribution < -0.4 is 0 Å². The smallest absolute Gasteiger partial charge is 0.216 e. The van der Waals surface area contributed by atoms with Gasteiger partial charge in [0.2, 0.25) is 17.1 Å². The molecule has 0 saturated carbocycles. The van der Waals surface area contributed by atoms with Crippen LogP contribution in [-0.4, -0.2) is 44.9 Å². The van der Waals surface area contributed by atoms with Crippen LogP contribution in [-0.2, 0) is 60.3 Å². The fourth-order valence-electron chi connectivity index (χ4n) is 14.1. The molecule has 0 spiro atoms. The summed E-state index contributed by atoms with van der Waals surface area (Å²) in [5, 5.41) is 13.0. The van der Waals surface area contributed by atoms with Crippen molar-refractivity contribution in [1.82, 2.24) is 44.9 Å². The van der Waals surface area contributed by atoms with Gasteiger partial charge >= 0.3 is 0 Å². The SMILES string of the molecule is Cc1ccc2c(n1)oc1c(-c3nccc4cc(C(C)C)ccc34)[c-]ccc12.Cc1ccc2c(n1)oc1c(-c3nccc4cc(C(C)C)ccc34)[c-]ccc12.Cc1ccc2c(n1)oc1c(-c3nccc4ccccc34)[c-]ccc12.Cc1cccc(-c2[c-]cccc2)n1.Cc1cccc(-c2[c-]cccc2)n1.[Ir].[Ir].[Ir].[c-]1ccccc1-c1ccccn1. The fraction of sp³-hybridized carbons (Fsp3) is 0.106. The van der Waals surface area contributed by atoms with Crippen LogP contribution >= 0.6 is 0 Å². The summed E-state index contributed by atoms with van der Waals surface area (Å²) in [6, 6.07) is 113. The van der Waals surface area contributed by atoms with Crippen LogP contribution in [0.3, 0.4) is 0 Å². The Hall–Kier alpha value is -12.5. The Bertz CT molecular complexity index is 6730. The van der Waals surface area contributed by atoms with Crippen molar-refractivity contribution < 1.29 is 73.6 Å². The molecule has 15 heteroatoms. The van der Waals surface area contributed by atoms with Crippen LogP contribution in [0, 0.1) is 71.0 Å². The number of furan rings is 3. The van der Waals surface area contributed by atoms with Gasteiger partial charge in [0, 0.05) is 130 Å². The van der Waals surface area contributed by atoms with Gasteiger partial charge in [0.05, 0.1) is 16.7 Å². The van der Waals surface area contributed by atoms with Gasteiger partial charge in [-0.15, -0.1) is 162 Å². The number of pyridine rings is 9. The van der Waals surface area contributed by atoms with E-state index in [1.165, 1.54) is 21.9 Å². The van der Waals surface area contributed by atoms with Crippen LogP contribution in [0.2, 0.25) is 0 Å². The average molecular weight is 2080 g/mol. The van der Waals surface area contributed by atoms with Crippen molar-refractivity contribution in [1.29, 1.82) is 0 Å². The Balaban J connectivity index is 0.000000127. The second kappa shape index (κ2) is 38.7. The van der Waals surface area contributed by atoms with Crippen LogP contribution in [0.1, 0.15) is 79.1 Å². The van der Waals surface area contributed by atoms with Gasteiger partial charge in [-0.2, -0.15) is 0 Å². The summed E-state index contributed by atoms with van der Waals surface area (Å²) in [5.41, 5.74) is 23.3. The Morgan fingerprint density at radius 2 is 0.597 bits per heavy atom. The molecule has 0 atom stereocenters. The molecule has 0 amide bonds. The van der Waals surface area contributed by atoms with Gasteiger partial charge in [-0.05, 0) is 197 Å². The topological polar surface area (TPSA) is 155 Å². The first-order chi connectivity index (χ1) is 56.7. The second-order valence-electron chi connectivity index (χ2n) is 28.9. The maximum Gasteiger partial charge on any atom is 0.216 e. The molecule has 3 radical (unpaired) electrons. The van der Waals surface area contributed by atoms with Crippen LogP contribution in [0.5, 0.6) is 0 Å². The monoisotopic (exact) mass is 2080 g/mol.